The van der Waals surface area contributed by atoms with Crippen molar-refractivity contribution in [3.8, 4) is 0 Å². The molecule has 0 saturated heterocycles. The normalized spacial score (nSPS) is 11.2. The van der Waals surface area contributed by atoms with Crippen molar-refractivity contribution in [2.75, 3.05) is 10.6 Å². The van der Waals surface area contributed by atoms with Crippen LogP contribution in [0.4, 0.5) is 30.2 Å². The Morgan fingerprint density at radius 3 is 2.32 bits per heavy atom. The SMILES string of the molecule is Cc1cccc(C)c1Nc1cncc(C(=O)Nc2ccccc2C(F)(F)F)c1. The van der Waals surface area contributed by atoms with Gasteiger partial charge in [0, 0.05) is 11.9 Å². The van der Waals surface area contributed by atoms with E-state index < -0.39 is 17.6 Å². The van der Waals surface area contributed by atoms with Gasteiger partial charge in [-0.3, -0.25) is 9.78 Å². The number of carbonyl (C=O) groups excluding carboxylic acids is 1. The number of para-hydroxylation sites is 2. The monoisotopic (exact) mass is 385 g/mol. The number of rotatable bonds is 4. The van der Waals surface area contributed by atoms with Gasteiger partial charge in [-0.15, -0.1) is 0 Å². The highest BCUT2D eigenvalue weighted by Crippen LogP contribution is 2.34. The average Bonchev–Trinajstić information content (AvgIpc) is 2.65. The molecule has 2 aromatic carbocycles. The van der Waals surface area contributed by atoms with Crippen LogP contribution < -0.4 is 10.6 Å². The molecule has 3 aromatic rings. The van der Waals surface area contributed by atoms with E-state index in [0.29, 0.717) is 5.69 Å². The molecule has 3 rings (SSSR count). The number of aromatic nitrogens is 1. The average molecular weight is 385 g/mol. The lowest BCUT2D eigenvalue weighted by molar-refractivity contribution is -0.136. The quantitative estimate of drug-likeness (QED) is 0.605. The highest BCUT2D eigenvalue weighted by molar-refractivity contribution is 6.05. The Balaban J connectivity index is 1.84. The zero-order chi connectivity index (χ0) is 20.3. The fourth-order valence-electron chi connectivity index (χ4n) is 2.82. The third-order valence-electron chi connectivity index (χ3n) is 4.23. The molecule has 0 spiro atoms. The molecular weight excluding hydrogens is 367 g/mol. The van der Waals surface area contributed by atoms with Crippen LogP contribution >= 0.6 is 0 Å². The molecule has 0 radical (unpaired) electrons. The van der Waals surface area contributed by atoms with E-state index >= 15 is 0 Å². The second kappa shape index (κ2) is 7.72. The van der Waals surface area contributed by atoms with E-state index in [1.807, 2.05) is 32.0 Å². The number of halogens is 3. The number of benzene rings is 2. The molecule has 0 bridgehead atoms. The van der Waals surface area contributed by atoms with Gasteiger partial charge >= 0.3 is 6.18 Å². The summed E-state index contributed by atoms with van der Waals surface area (Å²) in [7, 11) is 0. The molecule has 0 unspecified atom stereocenters. The molecular formula is C21H18F3N3O. The summed E-state index contributed by atoms with van der Waals surface area (Å²) < 4.78 is 39.3. The molecule has 0 aliphatic rings. The molecule has 144 valence electrons. The molecule has 0 aliphatic carbocycles. The zero-order valence-corrected chi connectivity index (χ0v) is 15.3. The highest BCUT2D eigenvalue weighted by Gasteiger charge is 2.33. The lowest BCUT2D eigenvalue weighted by Crippen LogP contribution is -2.17. The van der Waals surface area contributed by atoms with E-state index in [9.17, 15) is 18.0 Å². The fourth-order valence-corrected chi connectivity index (χ4v) is 2.82. The number of hydrogen-bond donors (Lipinski definition) is 2. The lowest BCUT2D eigenvalue weighted by atomic mass is 10.1. The van der Waals surface area contributed by atoms with Gasteiger partial charge in [0.05, 0.1) is 28.7 Å². The maximum Gasteiger partial charge on any atom is 0.418 e. The van der Waals surface area contributed by atoms with Crippen molar-refractivity contribution in [2.24, 2.45) is 0 Å². The van der Waals surface area contributed by atoms with Crippen molar-refractivity contribution in [2.45, 2.75) is 20.0 Å². The second-order valence-corrected chi connectivity index (χ2v) is 6.35. The minimum absolute atomic E-state index is 0.146. The van der Waals surface area contributed by atoms with E-state index in [1.54, 1.807) is 12.3 Å². The molecule has 4 nitrogen and oxygen atoms in total. The summed E-state index contributed by atoms with van der Waals surface area (Å²) in [6.07, 6.45) is -1.71. The van der Waals surface area contributed by atoms with E-state index in [2.05, 4.69) is 15.6 Å². The number of nitrogens with zero attached hydrogens (tertiary/aromatic N) is 1. The van der Waals surface area contributed by atoms with Gasteiger partial charge in [-0.05, 0) is 43.2 Å². The first-order valence-corrected chi connectivity index (χ1v) is 8.51. The van der Waals surface area contributed by atoms with Crippen LogP contribution in [-0.4, -0.2) is 10.9 Å². The summed E-state index contributed by atoms with van der Waals surface area (Å²) in [6, 6.07) is 12.2. The van der Waals surface area contributed by atoms with Gasteiger partial charge in [-0.25, -0.2) is 0 Å². The molecule has 28 heavy (non-hydrogen) atoms. The van der Waals surface area contributed by atoms with Gasteiger partial charge in [0.1, 0.15) is 0 Å². The zero-order valence-electron chi connectivity index (χ0n) is 15.3. The van der Waals surface area contributed by atoms with Gasteiger partial charge in [0.25, 0.3) is 5.91 Å². The molecule has 1 amide bonds. The van der Waals surface area contributed by atoms with Gasteiger partial charge in [0.15, 0.2) is 0 Å². The Kier molecular flexibility index (Phi) is 5.35. The van der Waals surface area contributed by atoms with E-state index in [0.717, 1.165) is 22.9 Å². The van der Waals surface area contributed by atoms with Gasteiger partial charge in [-0.1, -0.05) is 30.3 Å². The fraction of sp³-hybridized carbons (Fsp3) is 0.143. The van der Waals surface area contributed by atoms with Crippen LogP contribution in [0.2, 0.25) is 0 Å². The summed E-state index contributed by atoms with van der Waals surface area (Å²) >= 11 is 0. The molecule has 1 heterocycles. The largest absolute Gasteiger partial charge is 0.418 e. The van der Waals surface area contributed by atoms with Crippen LogP contribution in [0.3, 0.4) is 0 Å². The predicted molar refractivity (Wildman–Crippen MR) is 103 cm³/mol. The smallest absolute Gasteiger partial charge is 0.354 e. The van der Waals surface area contributed by atoms with Crippen molar-refractivity contribution >= 4 is 23.0 Å². The molecule has 7 heteroatoms. The number of anilines is 3. The Hall–Kier alpha value is -3.35. The minimum atomic E-state index is -4.56. The van der Waals surface area contributed by atoms with Crippen LogP contribution in [0.25, 0.3) is 0 Å². The summed E-state index contributed by atoms with van der Waals surface area (Å²) in [6.45, 7) is 3.90. The van der Waals surface area contributed by atoms with Crippen LogP contribution in [0.15, 0.2) is 60.9 Å². The number of amides is 1. The molecule has 1 aromatic heterocycles. The van der Waals surface area contributed by atoms with Crippen LogP contribution in [0.1, 0.15) is 27.0 Å². The Morgan fingerprint density at radius 1 is 0.964 bits per heavy atom. The van der Waals surface area contributed by atoms with Gasteiger partial charge in [0.2, 0.25) is 0 Å². The summed E-state index contributed by atoms with van der Waals surface area (Å²) in [5, 5.41) is 5.53. The van der Waals surface area contributed by atoms with E-state index in [-0.39, 0.29) is 11.3 Å². The molecule has 0 atom stereocenters. The van der Waals surface area contributed by atoms with Crippen LogP contribution in [-0.2, 0) is 6.18 Å². The lowest BCUT2D eigenvalue weighted by Gasteiger charge is -2.15. The minimum Gasteiger partial charge on any atom is -0.354 e. The molecule has 2 N–H and O–H groups in total. The number of nitrogens with one attached hydrogen (secondary N) is 2. The number of aryl methyl sites for hydroxylation is 2. The second-order valence-electron chi connectivity index (χ2n) is 6.35. The van der Waals surface area contributed by atoms with Crippen molar-refractivity contribution in [3.05, 3.63) is 83.2 Å². The third-order valence-corrected chi connectivity index (χ3v) is 4.23. The summed E-state index contributed by atoms with van der Waals surface area (Å²) in [5.74, 6) is -0.672. The first kappa shape index (κ1) is 19.4. The molecule has 0 saturated carbocycles. The Morgan fingerprint density at radius 2 is 1.64 bits per heavy atom. The number of pyridine rings is 1. The topological polar surface area (TPSA) is 54.0 Å². The number of carbonyl (C=O) groups is 1. The maximum atomic E-state index is 13.1. The van der Waals surface area contributed by atoms with Crippen molar-refractivity contribution in [3.63, 3.8) is 0 Å². The maximum absolute atomic E-state index is 13.1. The Labute approximate surface area is 160 Å². The first-order chi connectivity index (χ1) is 13.3. The highest BCUT2D eigenvalue weighted by atomic mass is 19.4. The summed E-state index contributed by atoms with van der Waals surface area (Å²) in [4.78, 5) is 16.5. The molecule has 0 aliphatic heterocycles. The van der Waals surface area contributed by atoms with Crippen molar-refractivity contribution in [1.82, 2.24) is 4.98 Å². The number of alkyl halides is 3. The predicted octanol–water partition coefficient (Wildman–Crippen LogP) is 5.71. The van der Waals surface area contributed by atoms with Crippen LogP contribution in [0.5, 0.6) is 0 Å². The Bertz CT molecular complexity index is 996. The first-order valence-electron chi connectivity index (χ1n) is 8.51. The van der Waals surface area contributed by atoms with Gasteiger partial charge < -0.3 is 10.6 Å². The van der Waals surface area contributed by atoms with Crippen molar-refractivity contribution in [1.29, 1.82) is 0 Å². The van der Waals surface area contributed by atoms with Gasteiger partial charge in [-0.2, -0.15) is 13.2 Å². The molecule has 0 fully saturated rings. The standard InChI is InChI=1S/C21H18F3N3O/c1-13-6-5-7-14(2)19(13)26-16-10-15(11-25-12-16)20(28)27-18-9-4-3-8-17(18)21(22,23)24/h3-12,26H,1-2H3,(H,27,28). The summed E-state index contributed by atoms with van der Waals surface area (Å²) in [5.41, 5.74) is 2.45. The third kappa shape index (κ3) is 4.31. The van der Waals surface area contributed by atoms with Crippen LogP contribution in [0, 0.1) is 13.8 Å². The van der Waals surface area contributed by atoms with E-state index in [4.69, 9.17) is 0 Å². The van der Waals surface area contributed by atoms with E-state index in [1.165, 1.54) is 24.4 Å². The number of hydrogen-bond acceptors (Lipinski definition) is 3. The van der Waals surface area contributed by atoms with Crippen molar-refractivity contribution < 1.29 is 18.0 Å².